The van der Waals surface area contributed by atoms with Crippen molar-refractivity contribution in [2.75, 3.05) is 6.61 Å². The Balaban J connectivity index is 2.44. The number of hydrogen-bond acceptors (Lipinski definition) is 3. The molecule has 0 aliphatic rings. The van der Waals surface area contributed by atoms with Crippen LogP contribution < -0.4 is 4.74 Å². The second-order valence-electron chi connectivity index (χ2n) is 2.62. The minimum Gasteiger partial charge on any atom is -0.479 e. The number of hydrogen-bond donors (Lipinski definition) is 1. The van der Waals surface area contributed by atoms with E-state index in [-0.39, 0.29) is 6.61 Å². The molecule has 0 saturated carbocycles. The topological polar surface area (TPSA) is 64.3 Å². The standard InChI is InChI=1S/C8H12N2O3/c1-2-3-10-5-7(4-9-10)13-6-8(11)12/h4-5H,2-3,6H2,1H3,(H,11,12). The Morgan fingerprint density at radius 3 is 3.15 bits per heavy atom. The third-order valence-corrected chi connectivity index (χ3v) is 1.42. The molecule has 0 bridgehead atoms. The highest BCUT2D eigenvalue weighted by Gasteiger charge is 2.01. The van der Waals surface area contributed by atoms with Crippen LogP contribution in [0.2, 0.25) is 0 Å². The molecule has 0 aromatic carbocycles. The summed E-state index contributed by atoms with van der Waals surface area (Å²) < 4.78 is 6.63. The van der Waals surface area contributed by atoms with Crippen molar-refractivity contribution < 1.29 is 14.6 Å². The molecule has 0 atom stereocenters. The van der Waals surface area contributed by atoms with Crippen LogP contribution in [0.3, 0.4) is 0 Å². The van der Waals surface area contributed by atoms with Gasteiger partial charge < -0.3 is 9.84 Å². The summed E-state index contributed by atoms with van der Waals surface area (Å²) in [6.45, 7) is 2.54. The second kappa shape index (κ2) is 4.49. The lowest BCUT2D eigenvalue weighted by Crippen LogP contribution is -2.08. The Hall–Kier alpha value is -1.52. The van der Waals surface area contributed by atoms with Gasteiger partial charge in [-0.3, -0.25) is 4.68 Å². The lowest BCUT2D eigenvalue weighted by atomic mass is 10.5. The zero-order chi connectivity index (χ0) is 9.68. The molecule has 72 valence electrons. The zero-order valence-electron chi connectivity index (χ0n) is 7.43. The average Bonchev–Trinajstić information content (AvgIpc) is 2.50. The molecule has 0 fully saturated rings. The summed E-state index contributed by atoms with van der Waals surface area (Å²) in [5.74, 6) is -0.487. The van der Waals surface area contributed by atoms with E-state index in [0.29, 0.717) is 5.75 Å². The Morgan fingerprint density at radius 1 is 1.77 bits per heavy atom. The lowest BCUT2D eigenvalue weighted by Gasteiger charge is -1.97. The number of nitrogens with zero attached hydrogens (tertiary/aromatic N) is 2. The Morgan fingerprint density at radius 2 is 2.54 bits per heavy atom. The summed E-state index contributed by atoms with van der Waals surface area (Å²) in [6, 6.07) is 0. The van der Waals surface area contributed by atoms with Crippen molar-refractivity contribution in [2.24, 2.45) is 0 Å². The number of carboxylic acid groups (broad SMARTS) is 1. The number of aryl methyl sites for hydroxylation is 1. The van der Waals surface area contributed by atoms with E-state index in [4.69, 9.17) is 9.84 Å². The van der Waals surface area contributed by atoms with Gasteiger partial charge in [0.2, 0.25) is 0 Å². The predicted octanol–water partition coefficient (Wildman–Crippen LogP) is 0.756. The number of rotatable bonds is 5. The van der Waals surface area contributed by atoms with Crippen LogP contribution >= 0.6 is 0 Å². The fourth-order valence-corrected chi connectivity index (χ4v) is 0.916. The zero-order valence-corrected chi connectivity index (χ0v) is 7.43. The molecule has 0 radical (unpaired) electrons. The number of aliphatic carboxylic acids is 1. The summed E-state index contributed by atoms with van der Waals surface area (Å²) in [7, 11) is 0. The molecular weight excluding hydrogens is 172 g/mol. The monoisotopic (exact) mass is 184 g/mol. The molecule has 1 heterocycles. The van der Waals surface area contributed by atoms with Gasteiger partial charge in [-0.2, -0.15) is 5.10 Å². The highest BCUT2D eigenvalue weighted by Crippen LogP contribution is 2.07. The van der Waals surface area contributed by atoms with Gasteiger partial charge in [0.05, 0.1) is 12.4 Å². The molecule has 0 aliphatic carbocycles. The van der Waals surface area contributed by atoms with Crippen LogP contribution in [0.5, 0.6) is 5.75 Å². The van der Waals surface area contributed by atoms with Gasteiger partial charge in [-0.1, -0.05) is 6.92 Å². The normalized spacial score (nSPS) is 9.92. The third kappa shape index (κ3) is 3.14. The van der Waals surface area contributed by atoms with Crippen molar-refractivity contribution in [3.05, 3.63) is 12.4 Å². The largest absolute Gasteiger partial charge is 0.479 e. The minimum atomic E-state index is -0.983. The Bertz CT molecular complexity index is 283. The second-order valence-corrected chi connectivity index (χ2v) is 2.62. The summed E-state index contributed by atoms with van der Waals surface area (Å²) >= 11 is 0. The molecule has 5 heteroatoms. The molecule has 1 aromatic heterocycles. The van der Waals surface area contributed by atoms with E-state index < -0.39 is 5.97 Å². The predicted molar refractivity (Wildman–Crippen MR) is 45.6 cm³/mol. The first-order chi connectivity index (χ1) is 6.22. The van der Waals surface area contributed by atoms with Gasteiger partial charge in [-0.25, -0.2) is 4.79 Å². The van der Waals surface area contributed by atoms with E-state index >= 15 is 0 Å². The Kier molecular flexibility index (Phi) is 3.31. The molecular formula is C8H12N2O3. The van der Waals surface area contributed by atoms with Gasteiger partial charge in [-0.15, -0.1) is 0 Å². The van der Waals surface area contributed by atoms with Crippen LogP contribution in [-0.4, -0.2) is 27.5 Å². The van der Waals surface area contributed by atoms with Crippen molar-refractivity contribution in [1.82, 2.24) is 9.78 Å². The molecule has 1 rings (SSSR count). The third-order valence-electron chi connectivity index (χ3n) is 1.42. The minimum absolute atomic E-state index is 0.322. The van der Waals surface area contributed by atoms with Gasteiger partial charge in [0.25, 0.3) is 0 Å². The molecule has 1 aromatic rings. The van der Waals surface area contributed by atoms with Gasteiger partial charge >= 0.3 is 5.97 Å². The van der Waals surface area contributed by atoms with E-state index in [1.54, 1.807) is 10.9 Å². The van der Waals surface area contributed by atoms with E-state index in [2.05, 4.69) is 5.10 Å². The maximum Gasteiger partial charge on any atom is 0.341 e. The van der Waals surface area contributed by atoms with Crippen LogP contribution in [0.1, 0.15) is 13.3 Å². The van der Waals surface area contributed by atoms with Crippen LogP contribution in [-0.2, 0) is 11.3 Å². The van der Waals surface area contributed by atoms with Crippen molar-refractivity contribution in [3.8, 4) is 5.75 Å². The van der Waals surface area contributed by atoms with Gasteiger partial charge in [0.15, 0.2) is 12.4 Å². The summed E-state index contributed by atoms with van der Waals surface area (Å²) in [4.78, 5) is 10.2. The van der Waals surface area contributed by atoms with Crippen LogP contribution in [0, 0.1) is 0 Å². The molecule has 0 saturated heterocycles. The SMILES string of the molecule is CCCn1cc(OCC(=O)O)cn1. The first kappa shape index (κ1) is 9.57. The number of carbonyl (C=O) groups is 1. The highest BCUT2D eigenvalue weighted by atomic mass is 16.5. The van der Waals surface area contributed by atoms with Crippen molar-refractivity contribution in [3.63, 3.8) is 0 Å². The van der Waals surface area contributed by atoms with E-state index in [1.165, 1.54) is 6.20 Å². The van der Waals surface area contributed by atoms with Crippen LogP contribution in [0.4, 0.5) is 0 Å². The first-order valence-corrected chi connectivity index (χ1v) is 4.09. The van der Waals surface area contributed by atoms with Gasteiger partial charge in [-0.05, 0) is 6.42 Å². The highest BCUT2D eigenvalue weighted by molar-refractivity contribution is 5.68. The lowest BCUT2D eigenvalue weighted by molar-refractivity contribution is -0.139. The summed E-state index contributed by atoms with van der Waals surface area (Å²) in [6.07, 6.45) is 4.19. The number of carboxylic acids is 1. The van der Waals surface area contributed by atoms with Gasteiger partial charge in [0, 0.05) is 6.54 Å². The van der Waals surface area contributed by atoms with Crippen molar-refractivity contribution in [1.29, 1.82) is 0 Å². The summed E-state index contributed by atoms with van der Waals surface area (Å²) in [5.41, 5.74) is 0. The van der Waals surface area contributed by atoms with Crippen LogP contribution in [0.15, 0.2) is 12.4 Å². The Labute approximate surface area is 75.9 Å². The molecule has 0 aliphatic heterocycles. The van der Waals surface area contributed by atoms with Gasteiger partial charge in [0.1, 0.15) is 0 Å². The molecule has 0 amide bonds. The molecule has 13 heavy (non-hydrogen) atoms. The van der Waals surface area contributed by atoms with E-state index in [0.717, 1.165) is 13.0 Å². The molecule has 0 spiro atoms. The fraction of sp³-hybridized carbons (Fsp3) is 0.500. The molecule has 0 unspecified atom stereocenters. The fourth-order valence-electron chi connectivity index (χ4n) is 0.916. The van der Waals surface area contributed by atoms with Crippen molar-refractivity contribution in [2.45, 2.75) is 19.9 Å². The number of ether oxygens (including phenoxy) is 1. The maximum absolute atomic E-state index is 10.2. The quantitative estimate of drug-likeness (QED) is 0.733. The van der Waals surface area contributed by atoms with Crippen molar-refractivity contribution >= 4 is 5.97 Å². The smallest absolute Gasteiger partial charge is 0.341 e. The average molecular weight is 184 g/mol. The molecule has 1 N–H and O–H groups in total. The summed E-state index contributed by atoms with van der Waals surface area (Å²) in [5, 5.41) is 12.3. The molecule has 5 nitrogen and oxygen atoms in total. The van der Waals surface area contributed by atoms with E-state index in [9.17, 15) is 4.79 Å². The first-order valence-electron chi connectivity index (χ1n) is 4.09. The maximum atomic E-state index is 10.2. The van der Waals surface area contributed by atoms with Crippen LogP contribution in [0.25, 0.3) is 0 Å². The number of aromatic nitrogens is 2. The van der Waals surface area contributed by atoms with E-state index in [1.807, 2.05) is 6.92 Å².